The van der Waals surface area contributed by atoms with Crippen LogP contribution in [0.25, 0.3) is 0 Å². The summed E-state index contributed by atoms with van der Waals surface area (Å²) in [6, 6.07) is 8.03. The first-order chi connectivity index (χ1) is 21.7. The zero-order valence-corrected chi connectivity index (χ0v) is 28.4. The minimum absolute atomic E-state index is 0.0429. The molecule has 9 nitrogen and oxygen atoms in total. The van der Waals surface area contributed by atoms with Crippen LogP contribution in [-0.4, -0.2) is 94.3 Å². The van der Waals surface area contributed by atoms with E-state index in [4.69, 9.17) is 32.6 Å². The van der Waals surface area contributed by atoms with Crippen molar-refractivity contribution in [3.8, 4) is 0 Å². The summed E-state index contributed by atoms with van der Waals surface area (Å²) in [6.45, 7) is 8.20. The third-order valence-electron chi connectivity index (χ3n) is 7.00. The molecule has 0 heterocycles. The van der Waals surface area contributed by atoms with Gasteiger partial charge in [0.1, 0.15) is 0 Å². The van der Waals surface area contributed by atoms with Crippen LogP contribution in [0.2, 0.25) is 0 Å². The summed E-state index contributed by atoms with van der Waals surface area (Å²) in [5, 5.41) is 0. The lowest BCUT2D eigenvalue weighted by Gasteiger charge is -2.08. The van der Waals surface area contributed by atoms with Crippen LogP contribution in [0.3, 0.4) is 0 Å². The van der Waals surface area contributed by atoms with Crippen LogP contribution in [0.15, 0.2) is 35.2 Å². The average molecular weight is 647 g/mol. The molecule has 0 aliphatic heterocycles. The van der Waals surface area contributed by atoms with Crippen LogP contribution in [0.1, 0.15) is 96.8 Å². The molecular weight excluding hydrogens is 584 g/mol. The van der Waals surface area contributed by atoms with Gasteiger partial charge in [0.15, 0.2) is 0 Å². The normalized spacial score (nSPS) is 11.8. The van der Waals surface area contributed by atoms with E-state index in [0.29, 0.717) is 66.1 Å². The molecule has 0 aromatic heterocycles. The standard InChI is InChI=1S/C34H62O9S/c1-2-3-4-5-6-7-8-9-10-11-12-13-14-18-21-37-22-23-38-24-25-39-26-27-40-28-29-41-30-31-42-32-33-43-44(35,36)34-19-16-15-17-20-34/h15-17,19-20H,2-14,18,21-33H2,1H3. The SMILES string of the molecule is CCCCCCCCCCCCCCCCOCCOCCOCCOCCOCCOCCOS(=O)(=O)c1ccccc1. The Morgan fingerprint density at radius 2 is 0.727 bits per heavy atom. The maximum Gasteiger partial charge on any atom is 0.297 e. The number of hydrogen-bond donors (Lipinski definition) is 0. The Morgan fingerprint density at radius 3 is 1.11 bits per heavy atom. The molecule has 0 N–H and O–H groups in total. The van der Waals surface area contributed by atoms with Gasteiger partial charge in [-0.15, -0.1) is 0 Å². The molecule has 1 rings (SSSR count). The zero-order chi connectivity index (χ0) is 31.7. The molecule has 0 amide bonds. The van der Waals surface area contributed by atoms with Gasteiger partial charge in [-0.05, 0) is 18.6 Å². The quantitative estimate of drug-likeness (QED) is 0.0572. The molecule has 258 valence electrons. The Balaban J connectivity index is 1.67. The fourth-order valence-corrected chi connectivity index (χ4v) is 5.37. The van der Waals surface area contributed by atoms with Gasteiger partial charge in [0, 0.05) is 6.61 Å². The minimum Gasteiger partial charge on any atom is -0.379 e. The Kier molecular flexibility index (Phi) is 29.6. The predicted octanol–water partition coefficient (Wildman–Crippen LogP) is 6.97. The number of unbranched alkanes of at least 4 members (excludes halogenated alkanes) is 13. The zero-order valence-electron chi connectivity index (χ0n) is 27.6. The van der Waals surface area contributed by atoms with E-state index in [1.54, 1.807) is 18.2 Å². The van der Waals surface area contributed by atoms with Gasteiger partial charge in [-0.25, -0.2) is 0 Å². The molecule has 0 atom stereocenters. The predicted molar refractivity (Wildman–Crippen MR) is 175 cm³/mol. The van der Waals surface area contributed by atoms with Crippen molar-refractivity contribution in [1.29, 1.82) is 0 Å². The van der Waals surface area contributed by atoms with Crippen molar-refractivity contribution in [3.63, 3.8) is 0 Å². The maximum atomic E-state index is 12.0. The number of ether oxygens (including phenoxy) is 6. The monoisotopic (exact) mass is 646 g/mol. The third-order valence-corrected chi connectivity index (χ3v) is 8.33. The van der Waals surface area contributed by atoms with Crippen molar-refractivity contribution < 1.29 is 41.0 Å². The van der Waals surface area contributed by atoms with Crippen molar-refractivity contribution in [3.05, 3.63) is 30.3 Å². The van der Waals surface area contributed by atoms with Gasteiger partial charge < -0.3 is 28.4 Å². The van der Waals surface area contributed by atoms with Crippen LogP contribution in [0, 0.1) is 0 Å². The molecule has 0 fully saturated rings. The Bertz CT molecular complexity index is 808. The van der Waals surface area contributed by atoms with Crippen molar-refractivity contribution in [2.45, 2.75) is 102 Å². The van der Waals surface area contributed by atoms with Gasteiger partial charge >= 0.3 is 0 Å². The molecule has 0 unspecified atom stereocenters. The minimum atomic E-state index is -3.74. The highest BCUT2D eigenvalue weighted by molar-refractivity contribution is 7.86. The van der Waals surface area contributed by atoms with E-state index in [1.807, 2.05) is 0 Å². The lowest BCUT2D eigenvalue weighted by atomic mass is 10.0. The largest absolute Gasteiger partial charge is 0.379 e. The molecule has 0 aliphatic rings. The summed E-state index contributed by atoms with van der Waals surface area (Å²) in [4.78, 5) is 0.132. The van der Waals surface area contributed by atoms with Gasteiger partial charge in [-0.3, -0.25) is 4.18 Å². The van der Waals surface area contributed by atoms with Gasteiger partial charge in [0.05, 0.1) is 84.2 Å². The fraction of sp³-hybridized carbons (Fsp3) is 0.824. The second-order valence-corrected chi connectivity index (χ2v) is 12.5. The summed E-state index contributed by atoms with van der Waals surface area (Å²) < 4.78 is 61.8. The fourth-order valence-electron chi connectivity index (χ4n) is 4.46. The third kappa shape index (κ3) is 27.2. The van der Waals surface area contributed by atoms with E-state index >= 15 is 0 Å². The van der Waals surface area contributed by atoms with E-state index in [-0.39, 0.29) is 18.1 Å². The van der Waals surface area contributed by atoms with Crippen LogP contribution < -0.4 is 0 Å². The van der Waals surface area contributed by atoms with Gasteiger partial charge in [-0.2, -0.15) is 8.42 Å². The average Bonchev–Trinajstić information content (AvgIpc) is 3.03. The van der Waals surface area contributed by atoms with Gasteiger partial charge in [-0.1, -0.05) is 109 Å². The van der Waals surface area contributed by atoms with Crippen molar-refractivity contribution >= 4 is 10.1 Å². The summed E-state index contributed by atoms with van der Waals surface area (Å²) in [5.74, 6) is 0. The van der Waals surface area contributed by atoms with Gasteiger partial charge in [0.2, 0.25) is 0 Å². The van der Waals surface area contributed by atoms with Crippen molar-refractivity contribution in [2.75, 3.05) is 85.9 Å². The summed E-state index contributed by atoms with van der Waals surface area (Å²) in [6.07, 6.45) is 19.2. The lowest BCUT2D eigenvalue weighted by molar-refractivity contribution is -0.0178. The lowest BCUT2D eigenvalue weighted by Crippen LogP contribution is -2.15. The maximum absolute atomic E-state index is 12.0. The Morgan fingerprint density at radius 1 is 0.409 bits per heavy atom. The molecule has 0 bridgehead atoms. The van der Waals surface area contributed by atoms with Crippen LogP contribution in [0.5, 0.6) is 0 Å². The molecule has 10 heteroatoms. The smallest absolute Gasteiger partial charge is 0.297 e. The van der Waals surface area contributed by atoms with E-state index < -0.39 is 10.1 Å². The second-order valence-electron chi connectivity index (χ2n) is 10.9. The molecular formula is C34H62O9S. The molecule has 44 heavy (non-hydrogen) atoms. The second kappa shape index (κ2) is 31.9. The molecule has 0 spiro atoms. The summed E-state index contributed by atoms with van der Waals surface area (Å²) >= 11 is 0. The van der Waals surface area contributed by atoms with Crippen molar-refractivity contribution in [2.24, 2.45) is 0 Å². The molecule has 0 radical (unpaired) electrons. The first kappa shape index (κ1) is 40.9. The first-order valence-corrected chi connectivity index (χ1v) is 18.5. The Hall–Kier alpha value is -1.11. The number of rotatable bonds is 35. The molecule has 1 aromatic carbocycles. The Labute approximate surface area is 268 Å². The topological polar surface area (TPSA) is 98.8 Å². The highest BCUT2D eigenvalue weighted by Crippen LogP contribution is 2.13. The highest BCUT2D eigenvalue weighted by Gasteiger charge is 2.13. The van der Waals surface area contributed by atoms with Crippen LogP contribution in [-0.2, 0) is 42.7 Å². The summed E-state index contributed by atoms with van der Waals surface area (Å²) in [7, 11) is -3.74. The summed E-state index contributed by atoms with van der Waals surface area (Å²) in [5.41, 5.74) is 0. The number of benzene rings is 1. The molecule has 0 saturated carbocycles. The molecule has 0 saturated heterocycles. The molecule has 1 aromatic rings. The van der Waals surface area contributed by atoms with E-state index in [1.165, 1.54) is 95.6 Å². The van der Waals surface area contributed by atoms with E-state index in [0.717, 1.165) is 13.0 Å². The number of hydrogen-bond acceptors (Lipinski definition) is 9. The van der Waals surface area contributed by atoms with E-state index in [2.05, 4.69) is 6.92 Å². The first-order valence-electron chi connectivity index (χ1n) is 17.1. The van der Waals surface area contributed by atoms with E-state index in [9.17, 15) is 8.42 Å². The van der Waals surface area contributed by atoms with Gasteiger partial charge in [0.25, 0.3) is 10.1 Å². The molecule has 0 aliphatic carbocycles. The van der Waals surface area contributed by atoms with Crippen LogP contribution >= 0.6 is 0 Å². The van der Waals surface area contributed by atoms with Crippen molar-refractivity contribution in [1.82, 2.24) is 0 Å². The highest BCUT2D eigenvalue weighted by atomic mass is 32.2. The van der Waals surface area contributed by atoms with Crippen LogP contribution in [0.4, 0.5) is 0 Å².